The van der Waals surface area contributed by atoms with Gasteiger partial charge in [0.1, 0.15) is 18.8 Å². The van der Waals surface area contributed by atoms with Gasteiger partial charge in [0.25, 0.3) is 0 Å². The van der Waals surface area contributed by atoms with Crippen molar-refractivity contribution in [1.82, 2.24) is 4.90 Å². The lowest BCUT2D eigenvalue weighted by Gasteiger charge is -2.36. The Labute approximate surface area is 196 Å². The smallest absolute Gasteiger partial charge is 0.308 e. The zero-order valence-corrected chi connectivity index (χ0v) is 20.3. The SMILES string of the molecule is CC[C@H](O)CCCN(C(=S)Nc1cccc(N)c1)[C@H](C)[C@@H](O)[C@H](O)COC(=O)[C@H](C)CC. The van der Waals surface area contributed by atoms with Crippen molar-refractivity contribution in [2.24, 2.45) is 5.92 Å². The van der Waals surface area contributed by atoms with Crippen LogP contribution >= 0.6 is 12.2 Å². The van der Waals surface area contributed by atoms with Crippen LogP contribution in [0.3, 0.4) is 0 Å². The Morgan fingerprint density at radius 2 is 1.91 bits per heavy atom. The fourth-order valence-corrected chi connectivity index (χ4v) is 3.46. The Balaban J connectivity index is 2.85. The van der Waals surface area contributed by atoms with Crippen LogP contribution in [0, 0.1) is 5.92 Å². The quantitative estimate of drug-likeness (QED) is 0.168. The summed E-state index contributed by atoms with van der Waals surface area (Å²) in [7, 11) is 0. The van der Waals surface area contributed by atoms with Crippen molar-refractivity contribution in [3.8, 4) is 0 Å². The lowest BCUT2D eigenvalue weighted by molar-refractivity contribution is -0.154. The summed E-state index contributed by atoms with van der Waals surface area (Å²) in [5.74, 6) is -0.677. The fraction of sp³-hybridized carbons (Fsp3) is 0.652. The largest absolute Gasteiger partial charge is 0.463 e. The van der Waals surface area contributed by atoms with E-state index in [1.165, 1.54) is 0 Å². The maximum atomic E-state index is 11.9. The van der Waals surface area contributed by atoms with Crippen molar-refractivity contribution in [2.45, 2.75) is 77.7 Å². The number of rotatable bonds is 13. The lowest BCUT2D eigenvalue weighted by atomic mass is 10.0. The molecule has 8 nitrogen and oxygen atoms in total. The molecular formula is C23H39N3O5S. The number of thiocarbonyl (C=S) groups is 1. The fourth-order valence-electron chi connectivity index (χ4n) is 3.08. The Morgan fingerprint density at radius 3 is 2.50 bits per heavy atom. The number of nitrogens with one attached hydrogen (secondary N) is 1. The molecule has 9 heteroatoms. The second-order valence-electron chi connectivity index (χ2n) is 8.19. The first kappa shape index (κ1) is 28.1. The first-order valence-corrected chi connectivity index (χ1v) is 11.6. The van der Waals surface area contributed by atoms with Crippen LogP contribution in [0.2, 0.25) is 0 Å². The first-order valence-electron chi connectivity index (χ1n) is 11.2. The molecule has 32 heavy (non-hydrogen) atoms. The van der Waals surface area contributed by atoms with E-state index in [-0.39, 0.29) is 12.5 Å². The van der Waals surface area contributed by atoms with Crippen LogP contribution in [0.25, 0.3) is 0 Å². The summed E-state index contributed by atoms with van der Waals surface area (Å²) in [5, 5.41) is 34.5. The number of hydrogen-bond donors (Lipinski definition) is 5. The number of nitrogens with zero attached hydrogens (tertiary/aromatic N) is 1. The zero-order valence-electron chi connectivity index (χ0n) is 19.5. The number of benzene rings is 1. The van der Waals surface area contributed by atoms with Crippen LogP contribution in [0.5, 0.6) is 0 Å². The molecule has 0 saturated heterocycles. The summed E-state index contributed by atoms with van der Waals surface area (Å²) in [4.78, 5) is 13.7. The molecule has 0 amide bonds. The number of anilines is 2. The summed E-state index contributed by atoms with van der Waals surface area (Å²) in [6, 6.07) is 6.56. The molecule has 0 aliphatic rings. The molecule has 0 saturated carbocycles. The molecule has 1 rings (SSSR count). The maximum absolute atomic E-state index is 11.9. The summed E-state index contributed by atoms with van der Waals surface area (Å²) in [5.41, 5.74) is 7.13. The highest BCUT2D eigenvalue weighted by Gasteiger charge is 2.30. The molecule has 0 radical (unpaired) electrons. The molecule has 0 heterocycles. The van der Waals surface area contributed by atoms with Crippen LogP contribution in [0.1, 0.15) is 53.4 Å². The van der Waals surface area contributed by atoms with Crippen LogP contribution in [0.4, 0.5) is 11.4 Å². The number of nitrogen functional groups attached to an aromatic ring is 1. The number of aliphatic hydroxyl groups excluding tert-OH is 3. The number of carbonyl (C=O) groups is 1. The van der Waals surface area contributed by atoms with Gasteiger partial charge in [0.15, 0.2) is 5.11 Å². The molecule has 0 fully saturated rings. The highest BCUT2D eigenvalue weighted by Crippen LogP contribution is 2.17. The van der Waals surface area contributed by atoms with E-state index in [1.807, 2.05) is 19.9 Å². The van der Waals surface area contributed by atoms with Gasteiger partial charge in [0.2, 0.25) is 0 Å². The summed E-state index contributed by atoms with van der Waals surface area (Å²) in [6.45, 7) is 7.45. The number of esters is 1. The van der Waals surface area contributed by atoms with E-state index in [0.717, 1.165) is 0 Å². The van der Waals surface area contributed by atoms with Gasteiger partial charge in [0, 0.05) is 17.9 Å². The van der Waals surface area contributed by atoms with Gasteiger partial charge in [-0.15, -0.1) is 0 Å². The molecule has 0 aliphatic carbocycles. The Hall–Kier alpha value is -1.94. The van der Waals surface area contributed by atoms with E-state index in [0.29, 0.717) is 48.7 Å². The molecule has 1 aromatic carbocycles. The molecule has 0 spiro atoms. The minimum absolute atomic E-state index is 0.270. The number of nitrogens with two attached hydrogens (primary N) is 1. The van der Waals surface area contributed by atoms with Gasteiger partial charge >= 0.3 is 5.97 Å². The highest BCUT2D eigenvalue weighted by atomic mass is 32.1. The molecule has 0 unspecified atom stereocenters. The average molecular weight is 470 g/mol. The lowest BCUT2D eigenvalue weighted by Crippen LogP contribution is -2.52. The van der Waals surface area contributed by atoms with Gasteiger partial charge in [0.05, 0.1) is 18.1 Å². The third-order valence-electron chi connectivity index (χ3n) is 5.60. The van der Waals surface area contributed by atoms with Crippen molar-refractivity contribution in [3.05, 3.63) is 24.3 Å². The van der Waals surface area contributed by atoms with Crippen molar-refractivity contribution in [1.29, 1.82) is 0 Å². The second kappa shape index (κ2) is 14.3. The van der Waals surface area contributed by atoms with Gasteiger partial charge in [-0.05, 0) is 63.0 Å². The third kappa shape index (κ3) is 9.28. The first-order chi connectivity index (χ1) is 15.1. The third-order valence-corrected chi connectivity index (χ3v) is 5.93. The zero-order chi connectivity index (χ0) is 24.3. The number of hydrogen-bond acceptors (Lipinski definition) is 7. The number of ether oxygens (including phenoxy) is 1. The maximum Gasteiger partial charge on any atom is 0.308 e. The van der Waals surface area contributed by atoms with Gasteiger partial charge in [-0.2, -0.15) is 0 Å². The van der Waals surface area contributed by atoms with Crippen LogP contribution in [-0.4, -0.2) is 68.8 Å². The van der Waals surface area contributed by atoms with Gasteiger partial charge in [-0.1, -0.05) is 26.8 Å². The molecule has 182 valence electrons. The topological polar surface area (TPSA) is 128 Å². The van der Waals surface area contributed by atoms with Gasteiger partial charge in [-0.3, -0.25) is 4.79 Å². The predicted octanol–water partition coefficient (Wildman–Crippen LogP) is 2.52. The Morgan fingerprint density at radius 1 is 1.22 bits per heavy atom. The van der Waals surface area contributed by atoms with Crippen molar-refractivity contribution < 1.29 is 24.9 Å². The molecule has 0 aromatic heterocycles. The monoisotopic (exact) mass is 469 g/mol. The van der Waals surface area contributed by atoms with E-state index in [2.05, 4.69) is 5.32 Å². The summed E-state index contributed by atoms with van der Waals surface area (Å²) in [6.07, 6.45) is -0.360. The van der Waals surface area contributed by atoms with Crippen molar-refractivity contribution in [3.63, 3.8) is 0 Å². The Bertz CT molecular complexity index is 721. The van der Waals surface area contributed by atoms with Crippen LogP contribution in [0.15, 0.2) is 24.3 Å². The highest BCUT2D eigenvalue weighted by molar-refractivity contribution is 7.80. The molecule has 5 atom stereocenters. The summed E-state index contributed by atoms with van der Waals surface area (Å²) >= 11 is 5.58. The van der Waals surface area contributed by atoms with Crippen molar-refractivity contribution in [2.75, 3.05) is 24.2 Å². The number of aliphatic hydroxyl groups is 3. The van der Waals surface area contributed by atoms with Crippen LogP contribution in [-0.2, 0) is 9.53 Å². The minimum Gasteiger partial charge on any atom is -0.463 e. The van der Waals surface area contributed by atoms with E-state index in [4.69, 9.17) is 22.7 Å². The van der Waals surface area contributed by atoms with Gasteiger partial charge in [-0.25, -0.2) is 0 Å². The standard InChI is InChI=1S/C23H39N3O5S/c1-5-15(3)22(30)31-14-20(28)21(29)16(4)26(12-8-11-19(27)6-2)23(32)25-18-10-7-9-17(24)13-18/h7,9-10,13,15-16,19-21,27-29H,5-6,8,11-12,14,24H2,1-4H3,(H,25,32)/t15-,16-,19+,20-,21-/m1/s1. The Kier molecular flexibility index (Phi) is 12.5. The molecular weight excluding hydrogens is 430 g/mol. The van der Waals surface area contributed by atoms with Crippen LogP contribution < -0.4 is 11.1 Å². The normalized spacial score (nSPS) is 15.8. The molecule has 6 N–H and O–H groups in total. The molecule has 0 bridgehead atoms. The van der Waals surface area contributed by atoms with E-state index < -0.39 is 30.3 Å². The van der Waals surface area contributed by atoms with E-state index >= 15 is 0 Å². The second-order valence-corrected chi connectivity index (χ2v) is 8.58. The van der Waals surface area contributed by atoms with E-state index in [9.17, 15) is 20.1 Å². The average Bonchev–Trinajstić information content (AvgIpc) is 2.78. The molecule has 0 aliphatic heterocycles. The minimum atomic E-state index is -1.27. The van der Waals surface area contributed by atoms with Gasteiger partial charge < -0.3 is 36.0 Å². The number of carbonyl (C=O) groups excluding carboxylic acids is 1. The predicted molar refractivity (Wildman–Crippen MR) is 131 cm³/mol. The summed E-state index contributed by atoms with van der Waals surface area (Å²) < 4.78 is 5.14. The molecule has 1 aromatic rings. The van der Waals surface area contributed by atoms with Crippen molar-refractivity contribution >= 4 is 34.7 Å². The van der Waals surface area contributed by atoms with E-state index in [1.54, 1.807) is 36.9 Å².